The SMILES string of the molecule is Cl.OCCOC1CNC1. The van der Waals surface area contributed by atoms with E-state index in [1.165, 1.54) is 0 Å². The number of ether oxygens (including phenoxy) is 1. The molecule has 1 fully saturated rings. The van der Waals surface area contributed by atoms with E-state index in [1.807, 2.05) is 0 Å². The predicted octanol–water partition coefficient (Wildman–Crippen LogP) is -0.611. The molecule has 1 saturated heterocycles. The topological polar surface area (TPSA) is 41.5 Å². The molecule has 0 unspecified atom stereocenters. The van der Waals surface area contributed by atoms with E-state index in [1.54, 1.807) is 0 Å². The summed E-state index contributed by atoms with van der Waals surface area (Å²) in [6.07, 6.45) is 0.363. The van der Waals surface area contributed by atoms with Crippen LogP contribution in [0.3, 0.4) is 0 Å². The van der Waals surface area contributed by atoms with Crippen LogP contribution in [0.2, 0.25) is 0 Å². The summed E-state index contributed by atoms with van der Waals surface area (Å²) >= 11 is 0. The number of aliphatic hydroxyl groups is 1. The molecule has 1 rings (SSSR count). The third-order valence-corrected chi connectivity index (χ3v) is 1.19. The molecule has 1 aliphatic heterocycles. The Labute approximate surface area is 60.8 Å². The van der Waals surface area contributed by atoms with Gasteiger partial charge in [-0.2, -0.15) is 0 Å². The standard InChI is InChI=1S/C5H11NO2.ClH/c7-1-2-8-5-3-6-4-5;/h5-7H,1-4H2;1H. The van der Waals surface area contributed by atoms with Gasteiger partial charge in [0.05, 0.1) is 19.3 Å². The summed E-state index contributed by atoms with van der Waals surface area (Å²) in [4.78, 5) is 0. The van der Waals surface area contributed by atoms with Crippen molar-refractivity contribution in [1.82, 2.24) is 5.32 Å². The summed E-state index contributed by atoms with van der Waals surface area (Å²) in [7, 11) is 0. The van der Waals surface area contributed by atoms with Crippen LogP contribution in [-0.4, -0.2) is 37.5 Å². The molecule has 4 heteroatoms. The third-order valence-electron chi connectivity index (χ3n) is 1.19. The van der Waals surface area contributed by atoms with E-state index in [0.29, 0.717) is 12.7 Å². The van der Waals surface area contributed by atoms with E-state index < -0.39 is 0 Å². The van der Waals surface area contributed by atoms with Gasteiger partial charge in [0.1, 0.15) is 0 Å². The molecule has 1 heterocycles. The fourth-order valence-corrected chi connectivity index (χ4v) is 0.599. The van der Waals surface area contributed by atoms with Crippen molar-refractivity contribution in [2.45, 2.75) is 6.10 Å². The highest BCUT2D eigenvalue weighted by Crippen LogP contribution is 1.95. The minimum Gasteiger partial charge on any atom is -0.394 e. The van der Waals surface area contributed by atoms with Crippen LogP contribution in [0.25, 0.3) is 0 Å². The summed E-state index contributed by atoms with van der Waals surface area (Å²) in [5, 5.41) is 11.4. The summed E-state index contributed by atoms with van der Waals surface area (Å²) in [5.41, 5.74) is 0. The molecule has 0 saturated carbocycles. The first-order valence-electron chi connectivity index (χ1n) is 2.86. The highest BCUT2D eigenvalue weighted by Gasteiger charge is 2.15. The van der Waals surface area contributed by atoms with Gasteiger partial charge in [0.15, 0.2) is 0 Å². The second-order valence-electron chi connectivity index (χ2n) is 1.87. The average molecular weight is 154 g/mol. The summed E-state index contributed by atoms with van der Waals surface area (Å²) in [5.74, 6) is 0. The fraction of sp³-hybridized carbons (Fsp3) is 1.00. The van der Waals surface area contributed by atoms with Crippen LogP contribution in [0.5, 0.6) is 0 Å². The Balaban J connectivity index is 0.000000640. The lowest BCUT2D eigenvalue weighted by Gasteiger charge is -2.26. The minimum absolute atomic E-state index is 0. The van der Waals surface area contributed by atoms with Gasteiger partial charge in [-0.1, -0.05) is 0 Å². The molecule has 0 radical (unpaired) electrons. The molecule has 0 spiro atoms. The van der Waals surface area contributed by atoms with Gasteiger partial charge < -0.3 is 15.2 Å². The highest BCUT2D eigenvalue weighted by atomic mass is 35.5. The largest absolute Gasteiger partial charge is 0.394 e. The monoisotopic (exact) mass is 153 g/mol. The van der Waals surface area contributed by atoms with E-state index in [4.69, 9.17) is 9.84 Å². The van der Waals surface area contributed by atoms with Crippen molar-refractivity contribution in [3.05, 3.63) is 0 Å². The number of hydrogen-bond donors (Lipinski definition) is 2. The Hall–Kier alpha value is 0.170. The van der Waals surface area contributed by atoms with Gasteiger partial charge in [0.2, 0.25) is 0 Å². The number of rotatable bonds is 3. The van der Waals surface area contributed by atoms with Crippen LogP contribution in [0.4, 0.5) is 0 Å². The molecule has 9 heavy (non-hydrogen) atoms. The van der Waals surface area contributed by atoms with Crippen molar-refractivity contribution in [2.75, 3.05) is 26.3 Å². The highest BCUT2D eigenvalue weighted by molar-refractivity contribution is 5.85. The van der Waals surface area contributed by atoms with Crippen molar-refractivity contribution < 1.29 is 9.84 Å². The van der Waals surface area contributed by atoms with Crippen LogP contribution in [0.1, 0.15) is 0 Å². The first-order valence-corrected chi connectivity index (χ1v) is 2.86. The molecular weight excluding hydrogens is 142 g/mol. The van der Waals surface area contributed by atoms with Crippen molar-refractivity contribution in [3.63, 3.8) is 0 Å². The Bertz CT molecular complexity index is 68.0. The van der Waals surface area contributed by atoms with E-state index in [2.05, 4.69) is 5.32 Å². The third kappa shape index (κ3) is 3.01. The van der Waals surface area contributed by atoms with Gasteiger partial charge in [0, 0.05) is 13.1 Å². The number of halogens is 1. The quantitative estimate of drug-likeness (QED) is 0.569. The van der Waals surface area contributed by atoms with Crippen LogP contribution in [-0.2, 0) is 4.74 Å². The van der Waals surface area contributed by atoms with Gasteiger partial charge in [-0.05, 0) is 0 Å². The summed E-state index contributed by atoms with van der Waals surface area (Å²) < 4.78 is 5.11. The van der Waals surface area contributed by atoms with Crippen molar-refractivity contribution in [3.8, 4) is 0 Å². The zero-order chi connectivity index (χ0) is 5.82. The van der Waals surface area contributed by atoms with Gasteiger partial charge in [-0.3, -0.25) is 0 Å². The van der Waals surface area contributed by atoms with Crippen molar-refractivity contribution >= 4 is 12.4 Å². The number of nitrogens with one attached hydrogen (secondary N) is 1. The average Bonchev–Trinajstić information content (AvgIpc) is 1.63. The molecule has 1 aliphatic rings. The summed E-state index contributed by atoms with van der Waals surface area (Å²) in [6.45, 7) is 2.50. The van der Waals surface area contributed by atoms with Gasteiger partial charge in [0.25, 0.3) is 0 Å². The number of hydrogen-bond acceptors (Lipinski definition) is 3. The molecule has 0 aliphatic carbocycles. The smallest absolute Gasteiger partial charge is 0.0824 e. The normalized spacial score (nSPS) is 18.3. The fourth-order valence-electron chi connectivity index (χ4n) is 0.599. The molecule has 0 aromatic heterocycles. The maximum absolute atomic E-state index is 8.29. The van der Waals surface area contributed by atoms with E-state index in [9.17, 15) is 0 Å². The molecule has 0 bridgehead atoms. The molecule has 0 atom stereocenters. The van der Waals surface area contributed by atoms with Crippen LogP contribution in [0.15, 0.2) is 0 Å². The Morgan fingerprint density at radius 1 is 1.56 bits per heavy atom. The van der Waals surface area contributed by atoms with Gasteiger partial charge >= 0.3 is 0 Å². The molecule has 2 N–H and O–H groups in total. The van der Waals surface area contributed by atoms with Crippen molar-refractivity contribution in [2.24, 2.45) is 0 Å². The molecule has 0 amide bonds. The first-order chi connectivity index (χ1) is 3.93. The minimum atomic E-state index is 0. The van der Waals surface area contributed by atoms with Crippen LogP contribution in [0, 0.1) is 0 Å². The second-order valence-corrected chi connectivity index (χ2v) is 1.87. The molecule has 0 aromatic carbocycles. The lowest BCUT2D eigenvalue weighted by Crippen LogP contribution is -2.48. The zero-order valence-corrected chi connectivity index (χ0v) is 5.99. The van der Waals surface area contributed by atoms with Crippen LogP contribution >= 0.6 is 12.4 Å². The number of aliphatic hydroxyl groups excluding tert-OH is 1. The Morgan fingerprint density at radius 2 is 2.22 bits per heavy atom. The summed E-state index contributed by atoms with van der Waals surface area (Å²) in [6, 6.07) is 0. The van der Waals surface area contributed by atoms with Crippen LogP contribution < -0.4 is 5.32 Å². The molecule has 56 valence electrons. The van der Waals surface area contributed by atoms with Crippen molar-refractivity contribution in [1.29, 1.82) is 0 Å². The zero-order valence-electron chi connectivity index (χ0n) is 5.17. The predicted molar refractivity (Wildman–Crippen MR) is 36.9 cm³/mol. The molecular formula is C5H12ClNO2. The van der Waals surface area contributed by atoms with E-state index in [-0.39, 0.29) is 19.0 Å². The van der Waals surface area contributed by atoms with E-state index >= 15 is 0 Å². The van der Waals surface area contributed by atoms with E-state index in [0.717, 1.165) is 13.1 Å². The Morgan fingerprint density at radius 3 is 2.56 bits per heavy atom. The first kappa shape index (κ1) is 9.17. The Kier molecular flexibility index (Phi) is 5.09. The maximum atomic E-state index is 8.29. The second kappa shape index (κ2) is 4.99. The molecule has 3 nitrogen and oxygen atoms in total. The van der Waals surface area contributed by atoms with Gasteiger partial charge in [-0.15, -0.1) is 12.4 Å². The lowest BCUT2D eigenvalue weighted by molar-refractivity contribution is 0.000687. The lowest BCUT2D eigenvalue weighted by atomic mass is 10.2. The van der Waals surface area contributed by atoms with Gasteiger partial charge in [-0.25, -0.2) is 0 Å². The maximum Gasteiger partial charge on any atom is 0.0824 e. The molecule has 0 aromatic rings.